The fraction of sp³-hybridized carbons (Fsp3) is 0.364. The third kappa shape index (κ3) is 4.81. The molecule has 0 atom stereocenters. The van der Waals surface area contributed by atoms with E-state index < -0.39 is 0 Å². The van der Waals surface area contributed by atoms with Gasteiger partial charge in [-0.2, -0.15) is 0 Å². The SMILES string of the molecule is CC(C)OCC(=O)Nc1ccc(Cl)cc1. The zero-order valence-corrected chi connectivity index (χ0v) is 9.54. The van der Waals surface area contributed by atoms with Gasteiger partial charge in [0.05, 0.1) is 6.10 Å². The van der Waals surface area contributed by atoms with Gasteiger partial charge in [0.15, 0.2) is 0 Å². The summed E-state index contributed by atoms with van der Waals surface area (Å²) in [5, 5.41) is 3.35. The van der Waals surface area contributed by atoms with Crippen LogP contribution >= 0.6 is 11.6 Å². The highest BCUT2D eigenvalue weighted by molar-refractivity contribution is 6.30. The van der Waals surface area contributed by atoms with Gasteiger partial charge in [0.25, 0.3) is 0 Å². The molecule has 0 aliphatic rings. The fourth-order valence-corrected chi connectivity index (χ4v) is 1.10. The highest BCUT2D eigenvalue weighted by Gasteiger charge is 2.03. The molecule has 0 fully saturated rings. The van der Waals surface area contributed by atoms with Crippen LogP contribution in [0.2, 0.25) is 5.02 Å². The van der Waals surface area contributed by atoms with Crippen LogP contribution in [0.1, 0.15) is 13.8 Å². The van der Waals surface area contributed by atoms with Crippen LogP contribution in [-0.2, 0) is 9.53 Å². The van der Waals surface area contributed by atoms with Gasteiger partial charge in [0.1, 0.15) is 6.61 Å². The summed E-state index contributed by atoms with van der Waals surface area (Å²) in [7, 11) is 0. The second kappa shape index (κ2) is 5.73. The van der Waals surface area contributed by atoms with Crippen molar-refractivity contribution < 1.29 is 9.53 Å². The Balaban J connectivity index is 2.41. The number of anilines is 1. The van der Waals surface area contributed by atoms with Gasteiger partial charge in [-0.05, 0) is 38.1 Å². The van der Waals surface area contributed by atoms with Crippen molar-refractivity contribution in [3.63, 3.8) is 0 Å². The van der Waals surface area contributed by atoms with E-state index >= 15 is 0 Å². The number of rotatable bonds is 4. The van der Waals surface area contributed by atoms with E-state index in [1.54, 1.807) is 24.3 Å². The minimum Gasteiger partial charge on any atom is -0.369 e. The van der Waals surface area contributed by atoms with Crippen molar-refractivity contribution >= 4 is 23.2 Å². The second-order valence-electron chi connectivity index (χ2n) is 3.41. The van der Waals surface area contributed by atoms with Crippen LogP contribution in [0.3, 0.4) is 0 Å². The highest BCUT2D eigenvalue weighted by Crippen LogP contribution is 2.13. The Labute approximate surface area is 94.4 Å². The molecule has 4 heteroatoms. The predicted octanol–water partition coefficient (Wildman–Crippen LogP) is 2.70. The number of amides is 1. The normalized spacial score (nSPS) is 10.4. The molecule has 0 aliphatic heterocycles. The maximum Gasteiger partial charge on any atom is 0.250 e. The Hall–Kier alpha value is -1.06. The number of halogens is 1. The van der Waals surface area contributed by atoms with E-state index in [0.717, 1.165) is 5.69 Å². The molecule has 1 N–H and O–H groups in total. The first-order valence-corrected chi connectivity index (χ1v) is 5.13. The molecule has 1 aromatic carbocycles. The lowest BCUT2D eigenvalue weighted by Crippen LogP contribution is -2.20. The van der Waals surface area contributed by atoms with Crippen molar-refractivity contribution in [1.82, 2.24) is 0 Å². The molecule has 15 heavy (non-hydrogen) atoms. The number of benzene rings is 1. The molecular weight excluding hydrogens is 214 g/mol. The predicted molar refractivity (Wildman–Crippen MR) is 61.2 cm³/mol. The van der Waals surface area contributed by atoms with Gasteiger partial charge in [-0.1, -0.05) is 11.6 Å². The third-order valence-electron chi connectivity index (χ3n) is 1.68. The summed E-state index contributed by atoms with van der Waals surface area (Å²) >= 11 is 5.71. The molecule has 0 bridgehead atoms. The van der Waals surface area contributed by atoms with E-state index in [2.05, 4.69) is 5.32 Å². The van der Waals surface area contributed by atoms with Crippen LogP contribution in [0.5, 0.6) is 0 Å². The molecular formula is C11H14ClNO2. The van der Waals surface area contributed by atoms with Gasteiger partial charge in [-0.15, -0.1) is 0 Å². The van der Waals surface area contributed by atoms with Crippen molar-refractivity contribution in [2.45, 2.75) is 20.0 Å². The Kier molecular flexibility index (Phi) is 4.59. The van der Waals surface area contributed by atoms with Crippen molar-refractivity contribution in [2.75, 3.05) is 11.9 Å². The summed E-state index contributed by atoms with van der Waals surface area (Å²) in [6.07, 6.45) is 0.0565. The summed E-state index contributed by atoms with van der Waals surface area (Å²) < 4.78 is 5.16. The number of carbonyl (C=O) groups excluding carboxylic acids is 1. The highest BCUT2D eigenvalue weighted by atomic mass is 35.5. The average molecular weight is 228 g/mol. The van der Waals surface area contributed by atoms with Gasteiger partial charge >= 0.3 is 0 Å². The second-order valence-corrected chi connectivity index (χ2v) is 3.85. The van der Waals surface area contributed by atoms with E-state index in [4.69, 9.17) is 16.3 Å². The first kappa shape index (κ1) is 12.0. The monoisotopic (exact) mass is 227 g/mol. The quantitative estimate of drug-likeness (QED) is 0.859. The number of hydrogen-bond acceptors (Lipinski definition) is 2. The number of ether oxygens (including phenoxy) is 1. The number of nitrogens with one attached hydrogen (secondary N) is 1. The maximum absolute atomic E-state index is 11.3. The maximum atomic E-state index is 11.3. The molecule has 1 aromatic rings. The van der Waals surface area contributed by atoms with Crippen LogP contribution in [0.15, 0.2) is 24.3 Å². The van der Waals surface area contributed by atoms with E-state index in [-0.39, 0.29) is 18.6 Å². The molecule has 0 saturated heterocycles. The zero-order chi connectivity index (χ0) is 11.3. The Bertz CT molecular complexity index is 322. The van der Waals surface area contributed by atoms with Crippen molar-refractivity contribution in [3.8, 4) is 0 Å². The zero-order valence-electron chi connectivity index (χ0n) is 8.79. The minimum absolute atomic E-state index is 0.0565. The van der Waals surface area contributed by atoms with Gasteiger partial charge in [0.2, 0.25) is 5.91 Å². The van der Waals surface area contributed by atoms with Crippen molar-refractivity contribution in [3.05, 3.63) is 29.3 Å². The largest absolute Gasteiger partial charge is 0.369 e. The summed E-state index contributed by atoms with van der Waals surface area (Å²) in [6, 6.07) is 6.94. The molecule has 0 saturated carbocycles. The molecule has 0 aromatic heterocycles. The summed E-state index contributed by atoms with van der Waals surface area (Å²) in [6.45, 7) is 3.84. The first-order valence-electron chi connectivity index (χ1n) is 4.75. The molecule has 1 rings (SSSR count). The molecule has 82 valence electrons. The molecule has 0 spiro atoms. The van der Waals surface area contributed by atoms with E-state index in [0.29, 0.717) is 5.02 Å². The topological polar surface area (TPSA) is 38.3 Å². The van der Waals surface area contributed by atoms with E-state index in [1.165, 1.54) is 0 Å². The fourth-order valence-electron chi connectivity index (χ4n) is 0.973. The average Bonchev–Trinajstić information content (AvgIpc) is 2.19. The smallest absolute Gasteiger partial charge is 0.250 e. The van der Waals surface area contributed by atoms with E-state index in [9.17, 15) is 4.79 Å². The van der Waals surface area contributed by atoms with Crippen LogP contribution < -0.4 is 5.32 Å². The van der Waals surface area contributed by atoms with Gasteiger partial charge < -0.3 is 10.1 Å². The number of carbonyl (C=O) groups is 1. The Morgan fingerprint density at radius 1 is 1.40 bits per heavy atom. The molecule has 0 radical (unpaired) electrons. The Morgan fingerprint density at radius 2 is 2.00 bits per heavy atom. The van der Waals surface area contributed by atoms with Crippen LogP contribution in [0, 0.1) is 0 Å². The molecule has 0 heterocycles. The first-order chi connectivity index (χ1) is 7.08. The Morgan fingerprint density at radius 3 is 2.53 bits per heavy atom. The van der Waals surface area contributed by atoms with Gasteiger partial charge in [0, 0.05) is 10.7 Å². The minimum atomic E-state index is -0.161. The lowest BCUT2D eigenvalue weighted by Gasteiger charge is -2.08. The molecule has 3 nitrogen and oxygen atoms in total. The molecule has 0 aliphatic carbocycles. The van der Waals surface area contributed by atoms with Crippen LogP contribution in [0.4, 0.5) is 5.69 Å². The standard InChI is InChI=1S/C11H14ClNO2/c1-8(2)15-7-11(14)13-10-5-3-9(12)4-6-10/h3-6,8H,7H2,1-2H3,(H,13,14). The third-order valence-corrected chi connectivity index (χ3v) is 1.93. The number of hydrogen-bond donors (Lipinski definition) is 1. The van der Waals surface area contributed by atoms with Crippen LogP contribution in [-0.4, -0.2) is 18.6 Å². The molecule has 1 amide bonds. The van der Waals surface area contributed by atoms with Gasteiger partial charge in [-0.25, -0.2) is 0 Å². The molecule has 0 unspecified atom stereocenters. The summed E-state index contributed by atoms with van der Waals surface area (Å²) in [5.41, 5.74) is 0.719. The van der Waals surface area contributed by atoms with Gasteiger partial charge in [-0.3, -0.25) is 4.79 Å². The summed E-state index contributed by atoms with van der Waals surface area (Å²) in [4.78, 5) is 11.3. The lowest BCUT2D eigenvalue weighted by molar-refractivity contribution is -0.121. The van der Waals surface area contributed by atoms with Crippen LogP contribution in [0.25, 0.3) is 0 Å². The van der Waals surface area contributed by atoms with Crippen molar-refractivity contribution in [2.24, 2.45) is 0 Å². The summed E-state index contributed by atoms with van der Waals surface area (Å²) in [5.74, 6) is -0.161. The van der Waals surface area contributed by atoms with Crippen molar-refractivity contribution in [1.29, 1.82) is 0 Å². The van der Waals surface area contributed by atoms with E-state index in [1.807, 2.05) is 13.8 Å². The lowest BCUT2D eigenvalue weighted by atomic mass is 10.3.